The molecular formula is C22H17ClN2O4S. The van der Waals surface area contributed by atoms with Crippen molar-refractivity contribution >= 4 is 44.8 Å². The first-order chi connectivity index (χ1) is 14.3. The molecule has 0 radical (unpaired) electrons. The number of halogens is 1. The summed E-state index contributed by atoms with van der Waals surface area (Å²) in [5.41, 5.74) is 1.71. The molecule has 0 aliphatic carbocycles. The zero-order valence-corrected chi connectivity index (χ0v) is 17.5. The third-order valence-electron chi connectivity index (χ3n) is 4.84. The van der Waals surface area contributed by atoms with Gasteiger partial charge in [0.2, 0.25) is 0 Å². The second-order valence-corrected chi connectivity index (χ2v) is 9.03. The van der Waals surface area contributed by atoms with Crippen molar-refractivity contribution in [3.63, 3.8) is 0 Å². The number of amides is 2. The summed E-state index contributed by atoms with van der Waals surface area (Å²) in [5.74, 6) is -0.149. The summed E-state index contributed by atoms with van der Waals surface area (Å²) < 4.78 is 27.3. The van der Waals surface area contributed by atoms with Crippen molar-refractivity contribution in [3.8, 4) is 0 Å². The van der Waals surface area contributed by atoms with Gasteiger partial charge in [-0.05, 0) is 61.0 Å². The van der Waals surface area contributed by atoms with E-state index in [0.29, 0.717) is 16.3 Å². The van der Waals surface area contributed by atoms with Gasteiger partial charge in [0, 0.05) is 10.6 Å². The molecule has 1 aliphatic heterocycles. The van der Waals surface area contributed by atoms with Gasteiger partial charge in [0.05, 0.1) is 17.9 Å². The number of urea groups is 1. The van der Waals surface area contributed by atoms with Crippen LogP contribution in [0.15, 0.2) is 77.7 Å². The number of carbonyl (C=O) groups is 2. The third-order valence-corrected chi connectivity index (χ3v) is 6.84. The monoisotopic (exact) mass is 440 g/mol. The van der Waals surface area contributed by atoms with Crippen LogP contribution in [0.2, 0.25) is 5.02 Å². The fourth-order valence-corrected chi connectivity index (χ4v) is 5.04. The number of Topliss-reactive ketones (excluding diaryl/α,β-unsaturated/α-hetero) is 1. The zero-order chi connectivity index (χ0) is 21.5. The van der Waals surface area contributed by atoms with Crippen LogP contribution < -0.4 is 9.21 Å². The highest BCUT2D eigenvalue weighted by Gasteiger charge is 2.42. The van der Waals surface area contributed by atoms with Gasteiger partial charge in [-0.2, -0.15) is 4.31 Å². The van der Waals surface area contributed by atoms with E-state index >= 15 is 0 Å². The molecule has 3 aromatic rings. The fourth-order valence-electron chi connectivity index (χ4n) is 3.32. The molecule has 0 aromatic heterocycles. The molecule has 30 heavy (non-hydrogen) atoms. The van der Waals surface area contributed by atoms with Crippen LogP contribution in [0.4, 0.5) is 16.2 Å². The smallest absolute Gasteiger partial charge is 0.295 e. The first-order valence-electron chi connectivity index (χ1n) is 9.10. The van der Waals surface area contributed by atoms with Gasteiger partial charge >= 0.3 is 6.03 Å². The van der Waals surface area contributed by atoms with Crippen molar-refractivity contribution in [2.24, 2.45) is 0 Å². The Morgan fingerprint density at radius 3 is 2.20 bits per heavy atom. The van der Waals surface area contributed by atoms with Crippen molar-refractivity contribution in [3.05, 3.63) is 88.9 Å². The molecule has 0 spiro atoms. The van der Waals surface area contributed by atoms with E-state index in [1.165, 1.54) is 42.2 Å². The second kappa shape index (κ2) is 7.59. The molecule has 6 nitrogen and oxygen atoms in total. The van der Waals surface area contributed by atoms with Gasteiger partial charge < -0.3 is 0 Å². The molecule has 0 unspecified atom stereocenters. The number of para-hydroxylation sites is 1. The minimum absolute atomic E-state index is 0.0363. The summed E-state index contributed by atoms with van der Waals surface area (Å²) in [7, 11) is -4.11. The molecule has 4 rings (SSSR count). The lowest BCUT2D eigenvalue weighted by Crippen LogP contribution is -2.50. The lowest BCUT2D eigenvalue weighted by molar-refractivity contribution is 0.101. The number of benzene rings is 3. The minimum Gasteiger partial charge on any atom is -0.295 e. The van der Waals surface area contributed by atoms with Gasteiger partial charge in [-0.25, -0.2) is 13.2 Å². The van der Waals surface area contributed by atoms with E-state index in [9.17, 15) is 18.0 Å². The third kappa shape index (κ3) is 3.46. The Hall–Kier alpha value is -3.16. The van der Waals surface area contributed by atoms with E-state index in [1.54, 1.807) is 42.5 Å². The Morgan fingerprint density at radius 1 is 0.933 bits per heavy atom. The van der Waals surface area contributed by atoms with Crippen molar-refractivity contribution in [2.45, 2.75) is 18.4 Å². The normalized spacial score (nSPS) is 15.1. The molecule has 2 amide bonds. The van der Waals surface area contributed by atoms with Gasteiger partial charge in [0.25, 0.3) is 10.0 Å². The van der Waals surface area contributed by atoms with Crippen LogP contribution in [-0.2, 0) is 16.6 Å². The Bertz CT molecular complexity index is 1240. The molecular weight excluding hydrogens is 424 g/mol. The maximum absolute atomic E-state index is 13.4. The van der Waals surface area contributed by atoms with Crippen LogP contribution in [0.1, 0.15) is 22.8 Å². The molecule has 152 valence electrons. The van der Waals surface area contributed by atoms with E-state index in [4.69, 9.17) is 11.6 Å². The van der Waals surface area contributed by atoms with Gasteiger partial charge in [-0.1, -0.05) is 35.9 Å². The van der Waals surface area contributed by atoms with Crippen LogP contribution in [0.3, 0.4) is 0 Å². The molecule has 0 fully saturated rings. The molecule has 0 bridgehead atoms. The Kier molecular flexibility index (Phi) is 5.09. The number of anilines is 2. The van der Waals surface area contributed by atoms with Crippen LogP contribution in [0.5, 0.6) is 0 Å². The lowest BCUT2D eigenvalue weighted by Gasteiger charge is -2.36. The number of carbonyl (C=O) groups excluding carboxylic acids is 2. The molecule has 0 N–H and O–H groups in total. The summed E-state index contributed by atoms with van der Waals surface area (Å²) in [6.45, 7) is 1.59. The molecule has 1 aliphatic rings. The van der Waals surface area contributed by atoms with Gasteiger partial charge in [-0.3, -0.25) is 9.69 Å². The lowest BCUT2D eigenvalue weighted by atomic mass is 10.1. The number of ketones is 1. The maximum atomic E-state index is 13.4. The Labute approximate surface area is 179 Å². The minimum atomic E-state index is -4.11. The van der Waals surface area contributed by atoms with Crippen LogP contribution in [0.25, 0.3) is 0 Å². The van der Waals surface area contributed by atoms with E-state index in [-0.39, 0.29) is 22.9 Å². The molecule has 0 atom stereocenters. The topological polar surface area (TPSA) is 74.8 Å². The summed E-state index contributed by atoms with van der Waals surface area (Å²) in [4.78, 5) is 26.4. The number of hydrogen-bond donors (Lipinski definition) is 0. The Morgan fingerprint density at radius 2 is 1.57 bits per heavy atom. The van der Waals surface area contributed by atoms with Crippen molar-refractivity contribution in [2.75, 3.05) is 9.21 Å². The molecule has 1 heterocycles. The van der Waals surface area contributed by atoms with Crippen molar-refractivity contribution < 1.29 is 18.0 Å². The standard InChI is InChI=1S/C22H17ClN2O4S/c1-15(26)17-8-12-19(13-9-17)25-22(27)24(14-16-6-10-18(23)11-7-16)20-4-2-3-5-21(20)30(25,28)29/h2-13H,14H2,1H3. The van der Waals surface area contributed by atoms with Gasteiger partial charge in [0.1, 0.15) is 4.90 Å². The fraction of sp³-hybridized carbons (Fsp3) is 0.0909. The van der Waals surface area contributed by atoms with E-state index in [1.807, 2.05) is 0 Å². The maximum Gasteiger partial charge on any atom is 0.343 e. The highest BCUT2D eigenvalue weighted by Crippen LogP contribution is 2.38. The predicted molar refractivity (Wildman–Crippen MR) is 116 cm³/mol. The van der Waals surface area contributed by atoms with E-state index in [2.05, 4.69) is 0 Å². The first-order valence-corrected chi connectivity index (χ1v) is 10.9. The van der Waals surface area contributed by atoms with Crippen molar-refractivity contribution in [1.82, 2.24) is 0 Å². The number of nitrogens with zero attached hydrogens (tertiary/aromatic N) is 2. The largest absolute Gasteiger partial charge is 0.343 e. The summed E-state index contributed by atoms with van der Waals surface area (Å²) in [5, 5.41) is 0.568. The highest BCUT2D eigenvalue weighted by molar-refractivity contribution is 7.94. The highest BCUT2D eigenvalue weighted by atomic mass is 35.5. The summed E-state index contributed by atoms with van der Waals surface area (Å²) in [6, 6.07) is 18.6. The summed E-state index contributed by atoms with van der Waals surface area (Å²) in [6.07, 6.45) is 0. The Balaban J connectivity index is 1.82. The first kappa shape index (κ1) is 20.1. The second-order valence-electron chi connectivity index (χ2n) is 6.84. The summed E-state index contributed by atoms with van der Waals surface area (Å²) >= 11 is 5.95. The molecule has 0 saturated heterocycles. The van der Waals surface area contributed by atoms with Crippen LogP contribution in [-0.4, -0.2) is 20.2 Å². The number of hydrogen-bond acceptors (Lipinski definition) is 4. The van der Waals surface area contributed by atoms with Crippen LogP contribution >= 0.6 is 11.6 Å². The quantitative estimate of drug-likeness (QED) is 0.542. The molecule has 3 aromatic carbocycles. The SMILES string of the molecule is CC(=O)c1ccc(N2C(=O)N(Cc3ccc(Cl)cc3)c3ccccc3S2(=O)=O)cc1. The average Bonchev–Trinajstić information content (AvgIpc) is 2.73. The average molecular weight is 441 g/mol. The zero-order valence-electron chi connectivity index (χ0n) is 15.9. The number of fused-ring (bicyclic) bond motifs is 1. The van der Waals surface area contributed by atoms with E-state index < -0.39 is 16.1 Å². The van der Waals surface area contributed by atoms with Gasteiger partial charge in [0.15, 0.2) is 5.78 Å². The predicted octanol–water partition coefficient (Wildman–Crippen LogP) is 4.88. The number of sulfonamides is 1. The molecule has 0 saturated carbocycles. The van der Waals surface area contributed by atoms with Crippen molar-refractivity contribution in [1.29, 1.82) is 0 Å². The van der Waals surface area contributed by atoms with Gasteiger partial charge in [-0.15, -0.1) is 0 Å². The number of rotatable bonds is 4. The van der Waals surface area contributed by atoms with Crippen LogP contribution in [0, 0.1) is 0 Å². The molecule has 8 heteroatoms. The van der Waals surface area contributed by atoms with E-state index in [0.717, 1.165) is 9.87 Å².